The van der Waals surface area contributed by atoms with E-state index in [1.54, 1.807) is 18.2 Å². The lowest BCUT2D eigenvalue weighted by molar-refractivity contribution is -0.117. The van der Waals surface area contributed by atoms with Crippen molar-refractivity contribution in [3.05, 3.63) is 27.1 Å². The molecule has 1 saturated heterocycles. The molecule has 1 aliphatic heterocycles. The number of nitrogens with zero attached hydrogens (tertiary/aromatic N) is 1. The first kappa shape index (κ1) is 14.0. The van der Waals surface area contributed by atoms with Crippen molar-refractivity contribution in [1.29, 1.82) is 0 Å². The Labute approximate surface area is 121 Å². The van der Waals surface area contributed by atoms with Crippen molar-refractivity contribution in [1.82, 2.24) is 0 Å². The van der Waals surface area contributed by atoms with Gasteiger partial charge in [0, 0.05) is 27.6 Å². The average molecular weight is 401 g/mol. The van der Waals surface area contributed by atoms with Gasteiger partial charge in [-0.25, -0.2) is 0 Å². The van der Waals surface area contributed by atoms with Gasteiger partial charge in [-0.05, 0) is 18.2 Å². The highest BCUT2D eigenvalue weighted by Crippen LogP contribution is 2.30. The van der Waals surface area contributed by atoms with Crippen LogP contribution >= 0.6 is 31.9 Å². The van der Waals surface area contributed by atoms with Crippen molar-refractivity contribution >= 4 is 53.7 Å². The second-order valence-electron chi connectivity index (χ2n) is 3.93. The van der Waals surface area contributed by atoms with Gasteiger partial charge in [-0.2, -0.15) is 8.42 Å². The zero-order chi connectivity index (χ0) is 13.5. The minimum atomic E-state index is -4.68. The molecule has 1 heterocycles. The van der Waals surface area contributed by atoms with Crippen LogP contribution in [0.1, 0.15) is 6.42 Å². The van der Waals surface area contributed by atoms with E-state index < -0.39 is 21.4 Å². The highest BCUT2D eigenvalue weighted by molar-refractivity contribution is 9.11. The minimum Gasteiger partial charge on any atom is -0.311 e. The topological polar surface area (TPSA) is 54.5 Å². The molecule has 18 heavy (non-hydrogen) atoms. The van der Waals surface area contributed by atoms with Crippen molar-refractivity contribution in [2.75, 3.05) is 11.4 Å². The number of hydrogen-bond acceptors (Lipinski definition) is 3. The standard InChI is InChI=1S/C10H8Br2FNO3S/c11-6-1-7(12)3-8(2-6)14-5-9(4-10(14)15)18(13,16)17/h1-3,9H,4-5H2. The smallest absolute Gasteiger partial charge is 0.307 e. The molecule has 1 aromatic carbocycles. The van der Waals surface area contributed by atoms with Crippen LogP contribution in [0.3, 0.4) is 0 Å². The van der Waals surface area contributed by atoms with Crippen LogP contribution in [0.25, 0.3) is 0 Å². The SMILES string of the molecule is O=C1CC(S(=O)(=O)F)CN1c1cc(Br)cc(Br)c1. The van der Waals surface area contributed by atoms with Crippen LogP contribution in [-0.2, 0) is 15.0 Å². The first-order chi connectivity index (χ1) is 8.27. The Kier molecular flexibility index (Phi) is 3.80. The third-order valence-electron chi connectivity index (χ3n) is 2.65. The normalized spacial score (nSPS) is 20.5. The van der Waals surface area contributed by atoms with Crippen molar-refractivity contribution in [2.45, 2.75) is 11.7 Å². The monoisotopic (exact) mass is 399 g/mol. The third-order valence-corrected chi connectivity index (χ3v) is 4.67. The Hall–Kier alpha value is -0.470. The van der Waals surface area contributed by atoms with Gasteiger partial charge in [-0.1, -0.05) is 31.9 Å². The van der Waals surface area contributed by atoms with Crippen molar-refractivity contribution < 1.29 is 17.1 Å². The lowest BCUT2D eigenvalue weighted by Crippen LogP contribution is -2.26. The van der Waals surface area contributed by atoms with Crippen LogP contribution in [-0.4, -0.2) is 26.1 Å². The van der Waals surface area contributed by atoms with Gasteiger partial charge < -0.3 is 4.90 Å². The number of rotatable bonds is 2. The molecule has 0 N–H and O–H groups in total. The minimum absolute atomic E-state index is 0.152. The fourth-order valence-electron chi connectivity index (χ4n) is 1.81. The number of benzene rings is 1. The van der Waals surface area contributed by atoms with Gasteiger partial charge in [-0.3, -0.25) is 4.79 Å². The van der Waals surface area contributed by atoms with Gasteiger partial charge in [0.15, 0.2) is 0 Å². The molecule has 0 aromatic heterocycles. The second-order valence-corrected chi connectivity index (χ2v) is 7.38. The van der Waals surface area contributed by atoms with Crippen LogP contribution in [0, 0.1) is 0 Å². The number of anilines is 1. The van der Waals surface area contributed by atoms with E-state index in [1.807, 2.05) is 0 Å². The van der Waals surface area contributed by atoms with Crippen LogP contribution in [0.2, 0.25) is 0 Å². The summed E-state index contributed by atoms with van der Waals surface area (Å²) in [6.45, 7) is -0.152. The third kappa shape index (κ3) is 2.92. The van der Waals surface area contributed by atoms with Gasteiger partial charge in [-0.15, -0.1) is 3.89 Å². The summed E-state index contributed by atoms with van der Waals surface area (Å²) in [6.07, 6.45) is -0.317. The molecule has 0 aliphatic carbocycles. The van der Waals surface area contributed by atoms with Crippen LogP contribution < -0.4 is 4.90 Å². The van der Waals surface area contributed by atoms with Gasteiger partial charge >= 0.3 is 10.2 Å². The first-order valence-electron chi connectivity index (χ1n) is 4.97. The summed E-state index contributed by atoms with van der Waals surface area (Å²) in [5.74, 6) is -0.397. The average Bonchev–Trinajstić information content (AvgIpc) is 2.58. The summed E-state index contributed by atoms with van der Waals surface area (Å²) in [6, 6.07) is 5.14. The first-order valence-corrected chi connectivity index (χ1v) is 8.00. The number of carbonyl (C=O) groups excluding carboxylic acids is 1. The summed E-state index contributed by atoms with van der Waals surface area (Å²) >= 11 is 6.55. The number of amides is 1. The van der Waals surface area contributed by atoms with Crippen LogP contribution in [0.15, 0.2) is 27.1 Å². The second kappa shape index (κ2) is 4.90. The molecule has 1 atom stereocenters. The molecule has 0 bridgehead atoms. The zero-order valence-electron chi connectivity index (χ0n) is 8.94. The largest absolute Gasteiger partial charge is 0.311 e. The maximum Gasteiger partial charge on any atom is 0.307 e. The predicted octanol–water partition coefficient (Wildman–Crippen LogP) is 2.62. The highest BCUT2D eigenvalue weighted by atomic mass is 79.9. The zero-order valence-corrected chi connectivity index (χ0v) is 12.9. The summed E-state index contributed by atoms with van der Waals surface area (Å²) < 4.78 is 36.0. The Balaban J connectivity index is 2.32. The fourth-order valence-corrected chi connectivity index (χ4v) is 3.75. The summed E-state index contributed by atoms with van der Waals surface area (Å²) in [4.78, 5) is 13.0. The van der Waals surface area contributed by atoms with E-state index in [0.717, 1.165) is 8.95 Å². The molecule has 4 nitrogen and oxygen atoms in total. The number of halogens is 3. The van der Waals surface area contributed by atoms with E-state index in [4.69, 9.17) is 0 Å². The predicted molar refractivity (Wildman–Crippen MR) is 72.6 cm³/mol. The Morgan fingerprint density at radius 2 is 1.78 bits per heavy atom. The number of carbonyl (C=O) groups is 1. The van der Waals surface area contributed by atoms with E-state index in [0.29, 0.717) is 5.69 Å². The molecule has 0 spiro atoms. The van der Waals surface area contributed by atoms with E-state index in [-0.39, 0.29) is 13.0 Å². The summed E-state index contributed by atoms with van der Waals surface area (Å²) in [5.41, 5.74) is 0.535. The van der Waals surface area contributed by atoms with Gasteiger partial charge in [0.05, 0.1) is 0 Å². The van der Waals surface area contributed by atoms with Gasteiger partial charge in [0.25, 0.3) is 0 Å². The van der Waals surface area contributed by atoms with E-state index in [1.165, 1.54) is 4.90 Å². The molecule has 1 fully saturated rings. The summed E-state index contributed by atoms with van der Waals surface area (Å²) in [5, 5.41) is -1.28. The van der Waals surface area contributed by atoms with Crippen LogP contribution in [0.5, 0.6) is 0 Å². The molecule has 1 unspecified atom stereocenters. The molecule has 0 radical (unpaired) electrons. The molecular weight excluding hydrogens is 393 g/mol. The van der Waals surface area contributed by atoms with Crippen molar-refractivity contribution in [3.8, 4) is 0 Å². The molecule has 0 saturated carbocycles. The van der Waals surface area contributed by atoms with E-state index in [2.05, 4.69) is 31.9 Å². The van der Waals surface area contributed by atoms with Crippen LogP contribution in [0.4, 0.5) is 9.57 Å². The molecule has 1 aliphatic rings. The van der Waals surface area contributed by atoms with Crippen molar-refractivity contribution in [3.63, 3.8) is 0 Å². The molecule has 8 heteroatoms. The molecule has 2 rings (SSSR count). The van der Waals surface area contributed by atoms with Gasteiger partial charge in [0.2, 0.25) is 5.91 Å². The Bertz CT molecular complexity index is 585. The summed E-state index contributed by atoms with van der Waals surface area (Å²) in [7, 11) is -4.68. The lowest BCUT2D eigenvalue weighted by Gasteiger charge is -2.16. The van der Waals surface area contributed by atoms with Gasteiger partial charge in [0.1, 0.15) is 5.25 Å². The lowest BCUT2D eigenvalue weighted by atomic mass is 10.3. The highest BCUT2D eigenvalue weighted by Gasteiger charge is 2.39. The number of hydrogen-bond donors (Lipinski definition) is 0. The molecule has 1 amide bonds. The quantitative estimate of drug-likeness (QED) is 0.717. The van der Waals surface area contributed by atoms with Crippen molar-refractivity contribution in [2.24, 2.45) is 0 Å². The molecule has 98 valence electrons. The maximum absolute atomic E-state index is 12.9. The van der Waals surface area contributed by atoms with E-state index >= 15 is 0 Å². The molecular formula is C10H8Br2FNO3S. The Morgan fingerprint density at radius 3 is 2.22 bits per heavy atom. The Morgan fingerprint density at radius 1 is 1.22 bits per heavy atom. The fraction of sp³-hybridized carbons (Fsp3) is 0.300. The van der Waals surface area contributed by atoms with E-state index in [9.17, 15) is 17.1 Å². The maximum atomic E-state index is 12.9. The molecule has 1 aromatic rings.